The van der Waals surface area contributed by atoms with Crippen LogP contribution in [-0.2, 0) is 4.74 Å². The highest BCUT2D eigenvalue weighted by atomic mass is 32.1. The Kier molecular flexibility index (Phi) is 2.93. The van der Waals surface area contributed by atoms with Crippen LogP contribution < -0.4 is 4.90 Å². The summed E-state index contributed by atoms with van der Waals surface area (Å²) in [5, 5.41) is 9.85. The highest BCUT2D eigenvalue weighted by Gasteiger charge is 2.21. The predicted octanol–water partition coefficient (Wildman–Crippen LogP) is 1.67. The van der Waals surface area contributed by atoms with E-state index in [0.29, 0.717) is 24.1 Å². The maximum atomic E-state index is 10.7. The van der Waals surface area contributed by atoms with Crippen LogP contribution in [0.15, 0.2) is 12.1 Å². The third-order valence-electron chi connectivity index (χ3n) is 2.45. The molecule has 0 amide bonds. The second-order valence-corrected chi connectivity index (χ2v) is 4.62. The molecule has 5 heteroatoms. The Morgan fingerprint density at radius 1 is 1.67 bits per heavy atom. The topological polar surface area (TPSA) is 49.8 Å². The van der Waals surface area contributed by atoms with Crippen molar-refractivity contribution in [1.82, 2.24) is 0 Å². The van der Waals surface area contributed by atoms with E-state index in [9.17, 15) is 4.79 Å². The van der Waals surface area contributed by atoms with Gasteiger partial charge in [-0.1, -0.05) is 0 Å². The van der Waals surface area contributed by atoms with Crippen molar-refractivity contribution < 1.29 is 14.6 Å². The molecule has 1 aliphatic heterocycles. The summed E-state index contributed by atoms with van der Waals surface area (Å²) in [5.74, 6) is -0.854. The molecule has 4 nitrogen and oxygen atoms in total. The van der Waals surface area contributed by atoms with Crippen molar-refractivity contribution in [1.29, 1.82) is 0 Å². The van der Waals surface area contributed by atoms with E-state index in [1.54, 1.807) is 6.07 Å². The molecular formula is C10H13NO3S. The van der Waals surface area contributed by atoms with Gasteiger partial charge in [0.2, 0.25) is 0 Å². The molecule has 1 unspecified atom stereocenters. The molecule has 0 radical (unpaired) electrons. The van der Waals surface area contributed by atoms with Crippen LogP contribution in [-0.4, -0.2) is 36.9 Å². The molecule has 0 spiro atoms. The van der Waals surface area contributed by atoms with Gasteiger partial charge in [0.25, 0.3) is 0 Å². The van der Waals surface area contributed by atoms with Gasteiger partial charge in [0.05, 0.1) is 24.3 Å². The zero-order valence-electron chi connectivity index (χ0n) is 8.47. The van der Waals surface area contributed by atoms with Gasteiger partial charge >= 0.3 is 5.97 Å². The minimum atomic E-state index is -0.854. The van der Waals surface area contributed by atoms with E-state index in [0.717, 1.165) is 11.5 Å². The van der Waals surface area contributed by atoms with Crippen molar-refractivity contribution in [3.8, 4) is 0 Å². The number of morpholine rings is 1. The average Bonchev–Trinajstić information content (AvgIpc) is 2.67. The van der Waals surface area contributed by atoms with Gasteiger partial charge in [-0.2, -0.15) is 0 Å². The van der Waals surface area contributed by atoms with Crippen molar-refractivity contribution in [2.24, 2.45) is 0 Å². The van der Waals surface area contributed by atoms with Crippen molar-refractivity contribution in [2.75, 3.05) is 24.7 Å². The van der Waals surface area contributed by atoms with Crippen molar-refractivity contribution >= 4 is 22.3 Å². The summed E-state index contributed by atoms with van der Waals surface area (Å²) in [6.07, 6.45) is 0. The lowest BCUT2D eigenvalue weighted by molar-refractivity contribution is 0.0702. The number of thiophene rings is 1. The lowest BCUT2D eigenvalue weighted by Gasteiger charge is -2.33. The number of nitrogens with zero attached hydrogens (tertiary/aromatic N) is 1. The van der Waals surface area contributed by atoms with Gasteiger partial charge in [0.15, 0.2) is 0 Å². The summed E-state index contributed by atoms with van der Waals surface area (Å²) in [7, 11) is 0. The van der Waals surface area contributed by atoms with Crippen LogP contribution in [0, 0.1) is 0 Å². The molecule has 0 saturated carbocycles. The van der Waals surface area contributed by atoms with E-state index in [4.69, 9.17) is 9.84 Å². The minimum Gasteiger partial charge on any atom is -0.477 e. The zero-order valence-corrected chi connectivity index (χ0v) is 9.29. The molecule has 2 rings (SSSR count). The average molecular weight is 227 g/mol. The Morgan fingerprint density at radius 3 is 3.07 bits per heavy atom. The number of hydrogen-bond donors (Lipinski definition) is 1. The van der Waals surface area contributed by atoms with Gasteiger partial charge in [-0.3, -0.25) is 0 Å². The molecule has 0 aromatic carbocycles. The Balaban J connectivity index is 2.17. The highest BCUT2D eigenvalue weighted by Crippen LogP contribution is 2.28. The van der Waals surface area contributed by atoms with Crippen LogP contribution in [0.2, 0.25) is 0 Å². The number of carboxylic acid groups (broad SMARTS) is 1. The number of rotatable bonds is 2. The van der Waals surface area contributed by atoms with Gasteiger partial charge in [-0.15, -0.1) is 11.3 Å². The van der Waals surface area contributed by atoms with Crippen molar-refractivity contribution in [3.63, 3.8) is 0 Å². The highest BCUT2D eigenvalue weighted by molar-refractivity contribution is 7.17. The standard InChI is InChI=1S/C10H13NO3S/c1-7-6-14-5-4-11(7)9-3-2-8(15-9)10(12)13/h2-3,7H,4-6H2,1H3,(H,12,13). The lowest BCUT2D eigenvalue weighted by atomic mass is 10.2. The number of carboxylic acids is 1. The first-order valence-electron chi connectivity index (χ1n) is 4.86. The van der Waals surface area contributed by atoms with Gasteiger partial charge in [0, 0.05) is 6.54 Å². The first kappa shape index (κ1) is 10.4. The summed E-state index contributed by atoms with van der Waals surface area (Å²) in [4.78, 5) is 13.3. The fraction of sp³-hybridized carbons (Fsp3) is 0.500. The van der Waals surface area contributed by atoms with Crippen LogP contribution in [0.4, 0.5) is 5.00 Å². The number of hydrogen-bond acceptors (Lipinski definition) is 4. The van der Waals surface area contributed by atoms with E-state index in [2.05, 4.69) is 11.8 Å². The van der Waals surface area contributed by atoms with Crippen molar-refractivity contribution in [3.05, 3.63) is 17.0 Å². The Hall–Kier alpha value is -1.07. The van der Waals surface area contributed by atoms with Crippen molar-refractivity contribution in [2.45, 2.75) is 13.0 Å². The monoisotopic (exact) mass is 227 g/mol. The minimum absolute atomic E-state index is 0.319. The van der Waals surface area contributed by atoms with Gasteiger partial charge in [0.1, 0.15) is 4.88 Å². The van der Waals surface area contributed by atoms with E-state index < -0.39 is 5.97 Å². The Morgan fingerprint density at radius 2 is 2.47 bits per heavy atom. The van der Waals surface area contributed by atoms with Gasteiger partial charge in [-0.05, 0) is 19.1 Å². The number of anilines is 1. The lowest BCUT2D eigenvalue weighted by Crippen LogP contribution is -2.43. The van der Waals surface area contributed by atoms with E-state index in [1.165, 1.54) is 11.3 Å². The zero-order chi connectivity index (χ0) is 10.8. The summed E-state index contributed by atoms with van der Waals surface area (Å²) in [6, 6.07) is 3.85. The van der Waals surface area contributed by atoms with Crippen LogP contribution in [0.3, 0.4) is 0 Å². The molecule has 0 aliphatic carbocycles. The van der Waals surface area contributed by atoms with Gasteiger partial charge in [-0.25, -0.2) is 4.79 Å². The van der Waals surface area contributed by atoms with Crippen LogP contribution >= 0.6 is 11.3 Å². The fourth-order valence-corrected chi connectivity index (χ4v) is 2.62. The maximum Gasteiger partial charge on any atom is 0.345 e. The number of ether oxygens (including phenoxy) is 1. The van der Waals surface area contributed by atoms with Crippen LogP contribution in [0.1, 0.15) is 16.6 Å². The summed E-state index contributed by atoms with van der Waals surface area (Å²) in [6.45, 7) is 4.34. The third-order valence-corrected chi connectivity index (χ3v) is 3.56. The molecule has 1 N–H and O–H groups in total. The first-order chi connectivity index (χ1) is 7.18. The largest absolute Gasteiger partial charge is 0.477 e. The summed E-state index contributed by atoms with van der Waals surface area (Å²) in [5.41, 5.74) is 0. The Labute approximate surface area is 92.1 Å². The molecule has 1 aromatic rings. The molecule has 1 atom stereocenters. The molecule has 82 valence electrons. The molecule has 1 saturated heterocycles. The quantitative estimate of drug-likeness (QED) is 0.835. The second kappa shape index (κ2) is 4.20. The maximum absolute atomic E-state index is 10.7. The van der Waals surface area contributed by atoms with Crippen LogP contribution in [0.5, 0.6) is 0 Å². The first-order valence-corrected chi connectivity index (χ1v) is 5.67. The number of carbonyl (C=O) groups is 1. The Bertz CT molecular complexity index is 363. The molecule has 15 heavy (non-hydrogen) atoms. The molecule has 1 aliphatic rings. The molecular weight excluding hydrogens is 214 g/mol. The summed E-state index contributed by atoms with van der Waals surface area (Å²) >= 11 is 1.32. The third kappa shape index (κ3) is 2.13. The SMILES string of the molecule is CC1COCCN1c1ccc(C(=O)O)s1. The molecule has 1 aromatic heterocycles. The molecule has 2 heterocycles. The molecule has 1 fully saturated rings. The number of aromatic carboxylic acids is 1. The smallest absolute Gasteiger partial charge is 0.345 e. The normalized spacial score (nSPS) is 21.7. The predicted molar refractivity (Wildman–Crippen MR) is 58.9 cm³/mol. The fourth-order valence-electron chi connectivity index (χ4n) is 1.65. The van der Waals surface area contributed by atoms with E-state index >= 15 is 0 Å². The van der Waals surface area contributed by atoms with Gasteiger partial charge < -0.3 is 14.7 Å². The van der Waals surface area contributed by atoms with E-state index in [1.807, 2.05) is 6.07 Å². The molecule has 0 bridgehead atoms. The second-order valence-electron chi connectivity index (χ2n) is 3.56. The van der Waals surface area contributed by atoms with Crippen LogP contribution in [0.25, 0.3) is 0 Å². The van der Waals surface area contributed by atoms with E-state index in [-0.39, 0.29) is 0 Å². The summed E-state index contributed by atoms with van der Waals surface area (Å²) < 4.78 is 5.33.